The molecule has 0 amide bonds. The summed E-state index contributed by atoms with van der Waals surface area (Å²) in [5.41, 5.74) is 1.12. The van der Waals surface area contributed by atoms with Gasteiger partial charge in [0, 0.05) is 5.41 Å². The second-order valence-electron chi connectivity index (χ2n) is 4.96. The van der Waals surface area contributed by atoms with Crippen molar-refractivity contribution in [2.75, 3.05) is 19.8 Å². The van der Waals surface area contributed by atoms with Crippen molar-refractivity contribution in [2.45, 2.75) is 26.4 Å². The van der Waals surface area contributed by atoms with Crippen LogP contribution in [0.3, 0.4) is 0 Å². The van der Waals surface area contributed by atoms with Gasteiger partial charge in [0.25, 0.3) is 0 Å². The zero-order chi connectivity index (χ0) is 17.6. The van der Waals surface area contributed by atoms with Crippen LogP contribution in [0, 0.1) is 5.41 Å². The van der Waals surface area contributed by atoms with E-state index in [9.17, 15) is 9.59 Å². The van der Waals surface area contributed by atoms with Crippen LogP contribution in [0.1, 0.15) is 24.5 Å². The molecule has 0 aliphatic carbocycles. The van der Waals surface area contributed by atoms with Gasteiger partial charge in [-0.25, -0.2) is 19.6 Å². The Labute approximate surface area is 135 Å². The lowest BCUT2D eigenvalue weighted by molar-refractivity contribution is 0.00304. The quantitative estimate of drug-likeness (QED) is 0.481. The van der Waals surface area contributed by atoms with Crippen molar-refractivity contribution >= 4 is 12.2 Å². The Kier molecular flexibility index (Phi) is 11.3. The van der Waals surface area contributed by atoms with Crippen molar-refractivity contribution in [2.24, 2.45) is 15.4 Å². The molecule has 0 radical (unpaired) electrons. The first-order valence-electron chi connectivity index (χ1n) is 7.09. The maximum absolute atomic E-state index is 9.87. The highest BCUT2D eigenvalue weighted by Crippen LogP contribution is 2.18. The molecule has 1 rings (SSSR count). The molecule has 3 N–H and O–H groups in total. The molecule has 7 nitrogen and oxygen atoms in total. The lowest BCUT2D eigenvalue weighted by atomic mass is 9.88. The van der Waals surface area contributed by atoms with Crippen molar-refractivity contribution in [1.29, 1.82) is 0 Å². The average Bonchev–Trinajstić information content (AvgIpc) is 2.61. The zero-order valence-corrected chi connectivity index (χ0v) is 13.1. The van der Waals surface area contributed by atoms with Crippen LogP contribution >= 0.6 is 0 Å². The summed E-state index contributed by atoms with van der Waals surface area (Å²) in [6.07, 6.45) is 3.53. The molecule has 0 atom stereocenters. The fourth-order valence-electron chi connectivity index (χ4n) is 1.56. The molecular formula is C16H22N2O5. The minimum absolute atomic E-state index is 0.156. The highest BCUT2D eigenvalue weighted by Gasteiger charge is 2.24. The molecule has 0 bridgehead atoms. The fourth-order valence-corrected chi connectivity index (χ4v) is 1.56. The molecule has 0 heterocycles. The lowest BCUT2D eigenvalue weighted by Gasteiger charge is -2.24. The lowest BCUT2D eigenvalue weighted by Crippen LogP contribution is -2.32. The number of aliphatic hydroxyl groups is 3. The molecule has 0 saturated heterocycles. The molecule has 0 saturated carbocycles. The topological polar surface area (TPSA) is 120 Å². The van der Waals surface area contributed by atoms with Gasteiger partial charge in [0.05, 0.1) is 32.9 Å². The van der Waals surface area contributed by atoms with Crippen LogP contribution in [-0.4, -0.2) is 47.3 Å². The van der Waals surface area contributed by atoms with Gasteiger partial charge in [-0.2, -0.15) is 0 Å². The molecule has 0 fully saturated rings. The Morgan fingerprint density at radius 1 is 0.957 bits per heavy atom. The van der Waals surface area contributed by atoms with E-state index in [0.29, 0.717) is 19.5 Å². The van der Waals surface area contributed by atoms with Gasteiger partial charge in [-0.15, -0.1) is 0 Å². The minimum Gasteiger partial charge on any atom is -0.396 e. The number of rotatable bonds is 8. The monoisotopic (exact) mass is 322 g/mol. The maximum atomic E-state index is 9.87. The third kappa shape index (κ3) is 8.16. The van der Waals surface area contributed by atoms with E-state index in [0.717, 1.165) is 11.1 Å². The maximum Gasteiger partial charge on any atom is 0.235 e. The zero-order valence-electron chi connectivity index (χ0n) is 13.1. The molecule has 126 valence electrons. The average molecular weight is 322 g/mol. The Bertz CT molecular complexity index is 492. The van der Waals surface area contributed by atoms with Gasteiger partial charge in [-0.1, -0.05) is 31.2 Å². The first-order chi connectivity index (χ1) is 11.1. The third-order valence-corrected chi connectivity index (χ3v) is 3.40. The van der Waals surface area contributed by atoms with E-state index in [1.54, 1.807) is 0 Å². The molecule has 23 heavy (non-hydrogen) atoms. The number of hydrogen-bond donors (Lipinski definition) is 3. The van der Waals surface area contributed by atoms with Gasteiger partial charge >= 0.3 is 0 Å². The Morgan fingerprint density at radius 2 is 1.39 bits per heavy atom. The summed E-state index contributed by atoms with van der Waals surface area (Å²) in [7, 11) is 0. The van der Waals surface area contributed by atoms with Crippen molar-refractivity contribution < 1.29 is 24.9 Å². The molecule has 0 unspecified atom stereocenters. The normalized spacial score (nSPS) is 9.91. The van der Waals surface area contributed by atoms with Gasteiger partial charge in [0.1, 0.15) is 0 Å². The van der Waals surface area contributed by atoms with Crippen LogP contribution < -0.4 is 0 Å². The van der Waals surface area contributed by atoms with Crippen LogP contribution in [0.25, 0.3) is 0 Å². The van der Waals surface area contributed by atoms with E-state index in [1.807, 2.05) is 31.2 Å². The van der Waals surface area contributed by atoms with Crippen molar-refractivity contribution in [1.82, 2.24) is 0 Å². The molecule has 1 aromatic rings. The fraction of sp³-hybridized carbons (Fsp3) is 0.500. The van der Waals surface area contributed by atoms with Gasteiger partial charge in [0.2, 0.25) is 12.2 Å². The number of nitrogens with zero attached hydrogens (tertiary/aromatic N) is 2. The highest BCUT2D eigenvalue weighted by molar-refractivity contribution is 5.35. The summed E-state index contributed by atoms with van der Waals surface area (Å²) in [5.74, 6) is 0. The van der Waals surface area contributed by atoms with E-state index in [2.05, 4.69) is 9.98 Å². The van der Waals surface area contributed by atoms with Gasteiger partial charge in [-0.05, 0) is 17.5 Å². The second kappa shape index (κ2) is 12.4. The van der Waals surface area contributed by atoms with Gasteiger partial charge in [-0.3, -0.25) is 0 Å². The summed E-state index contributed by atoms with van der Waals surface area (Å²) in [5, 5.41) is 26.0. The Hall–Kier alpha value is -2.14. The van der Waals surface area contributed by atoms with Crippen LogP contribution in [-0.2, 0) is 22.7 Å². The molecule has 0 aromatic heterocycles. The van der Waals surface area contributed by atoms with Crippen molar-refractivity contribution in [3.8, 4) is 0 Å². The number of aliphatic hydroxyl groups excluding tert-OH is 3. The van der Waals surface area contributed by atoms with Crippen LogP contribution in [0.2, 0.25) is 0 Å². The molecule has 1 aromatic carbocycles. The second-order valence-corrected chi connectivity index (χ2v) is 4.96. The predicted octanol–water partition coefficient (Wildman–Crippen LogP) is 0.718. The van der Waals surface area contributed by atoms with Gasteiger partial charge < -0.3 is 15.3 Å². The first-order valence-corrected chi connectivity index (χ1v) is 7.09. The summed E-state index contributed by atoms with van der Waals surface area (Å²) in [6, 6.07) is 7.34. The van der Waals surface area contributed by atoms with E-state index in [-0.39, 0.29) is 19.8 Å². The third-order valence-electron chi connectivity index (χ3n) is 3.40. The van der Waals surface area contributed by atoms with E-state index in [1.165, 1.54) is 12.2 Å². The summed E-state index contributed by atoms with van der Waals surface area (Å²) in [6.45, 7) is 1.97. The summed E-state index contributed by atoms with van der Waals surface area (Å²) < 4.78 is 0. The minimum atomic E-state index is -0.667. The Morgan fingerprint density at radius 3 is 1.65 bits per heavy atom. The van der Waals surface area contributed by atoms with Gasteiger partial charge in [0.15, 0.2) is 0 Å². The number of isocyanates is 2. The highest BCUT2D eigenvalue weighted by atomic mass is 16.3. The molecular weight excluding hydrogens is 300 g/mol. The number of aliphatic imine (C=N–C) groups is 2. The summed E-state index contributed by atoms with van der Waals surface area (Å²) >= 11 is 0. The number of hydrogen-bond acceptors (Lipinski definition) is 7. The summed E-state index contributed by atoms with van der Waals surface area (Å²) in [4.78, 5) is 26.6. The predicted molar refractivity (Wildman–Crippen MR) is 84.1 cm³/mol. The first kappa shape index (κ1) is 20.9. The largest absolute Gasteiger partial charge is 0.396 e. The Balaban J connectivity index is 0.000000468. The van der Waals surface area contributed by atoms with Crippen LogP contribution in [0.4, 0.5) is 0 Å². The van der Waals surface area contributed by atoms with E-state index >= 15 is 0 Å². The molecule has 7 heteroatoms. The smallest absolute Gasteiger partial charge is 0.235 e. The van der Waals surface area contributed by atoms with Crippen molar-refractivity contribution in [3.05, 3.63) is 35.4 Å². The molecule has 0 aliphatic heterocycles. The van der Waals surface area contributed by atoms with Crippen LogP contribution in [0.5, 0.6) is 0 Å². The standard InChI is InChI=1S/C10H8N2O2.C6H14O3/c13-7-11-5-9-2-1-3-10(4-9)6-12-8-14;1-2-6(3-7,4-8)5-9/h1-4H,5-6H2;7-9H,2-5H2,1H3. The number of benzene rings is 1. The molecule has 0 aliphatic rings. The van der Waals surface area contributed by atoms with E-state index in [4.69, 9.17) is 15.3 Å². The van der Waals surface area contributed by atoms with Crippen LogP contribution in [0.15, 0.2) is 34.3 Å². The molecule has 0 spiro atoms. The van der Waals surface area contributed by atoms with Crippen molar-refractivity contribution in [3.63, 3.8) is 0 Å². The SMILES string of the molecule is CCC(CO)(CO)CO.O=C=NCc1cccc(CN=C=O)c1. The number of carbonyl (C=O) groups excluding carboxylic acids is 2. The van der Waals surface area contributed by atoms with E-state index < -0.39 is 5.41 Å².